The van der Waals surface area contributed by atoms with Gasteiger partial charge in [0.25, 0.3) is 0 Å². The summed E-state index contributed by atoms with van der Waals surface area (Å²) in [7, 11) is -2.26. The van der Waals surface area contributed by atoms with Gasteiger partial charge in [0.2, 0.25) is 19.7 Å². The van der Waals surface area contributed by atoms with Crippen molar-refractivity contribution in [3.8, 4) is 0 Å². The summed E-state index contributed by atoms with van der Waals surface area (Å²) in [5.41, 5.74) is 4.97. The third kappa shape index (κ3) is 7.62. The zero-order valence-corrected chi connectivity index (χ0v) is 30.4. The number of hydrogen-bond acceptors (Lipinski definition) is 7. The Morgan fingerprint density at radius 3 is 1.56 bits per heavy atom. The first kappa shape index (κ1) is 36.4. The summed E-state index contributed by atoms with van der Waals surface area (Å²) in [6, 6.07) is 28.7. The Morgan fingerprint density at radius 2 is 1.14 bits per heavy atom. The van der Waals surface area contributed by atoms with Gasteiger partial charge in [-0.15, -0.1) is 0 Å². The second-order valence-electron chi connectivity index (χ2n) is 12.0. The maximum atomic E-state index is 13.1. The Hall–Kier alpha value is -4.91. The first-order chi connectivity index (χ1) is 23.9. The van der Waals surface area contributed by atoms with E-state index in [0.29, 0.717) is 44.4 Å². The zero-order valence-electron chi connectivity index (χ0n) is 28.8. The molecule has 0 atom stereocenters. The largest absolute Gasteiger partial charge is 0.453 e. The number of carbonyl (C=O) groups excluding carboxylic acids is 1. The van der Waals surface area contributed by atoms with Crippen LogP contribution in [-0.4, -0.2) is 72.1 Å². The maximum Gasteiger partial charge on any atom is 0.409 e. The van der Waals surface area contributed by atoms with Gasteiger partial charge in [-0.25, -0.2) is 21.6 Å². The van der Waals surface area contributed by atoms with Crippen molar-refractivity contribution in [1.29, 1.82) is 0 Å². The molecule has 0 unspecified atom stereocenters. The number of methoxy groups -OCH3 is 1. The Kier molecular flexibility index (Phi) is 11.1. The fraction of sp³-hybridized carbons (Fsp3) is 0.237. The second kappa shape index (κ2) is 15.3. The predicted octanol–water partition coefficient (Wildman–Crippen LogP) is 6.62. The molecule has 0 aliphatic rings. The number of carbonyl (C=O) groups is 1. The van der Waals surface area contributed by atoms with Gasteiger partial charge in [0.15, 0.2) is 0 Å². The van der Waals surface area contributed by atoms with Crippen LogP contribution in [0, 0.1) is 13.8 Å². The molecule has 0 saturated carbocycles. The third-order valence-corrected chi connectivity index (χ3v) is 12.4. The molecule has 3 N–H and O–H groups in total. The van der Waals surface area contributed by atoms with Crippen LogP contribution in [0.2, 0.25) is 0 Å². The number of aryl methyl sites for hydroxylation is 2. The molecule has 2 heterocycles. The number of aromatic amines is 2. The average molecular weight is 715 g/mol. The van der Waals surface area contributed by atoms with E-state index in [1.54, 1.807) is 68.6 Å². The van der Waals surface area contributed by atoms with E-state index in [2.05, 4.69) is 20.0 Å². The highest BCUT2D eigenvalue weighted by Crippen LogP contribution is 2.33. The molecule has 0 aliphatic carbocycles. The fourth-order valence-corrected chi connectivity index (χ4v) is 9.28. The van der Waals surface area contributed by atoms with E-state index >= 15 is 0 Å². The number of fused-ring (bicyclic) bond motifs is 2. The molecule has 2 aromatic heterocycles. The molecular weight excluding hydrogens is 673 g/mol. The molecule has 4 aromatic carbocycles. The lowest BCUT2D eigenvalue weighted by Gasteiger charge is -2.15. The summed E-state index contributed by atoms with van der Waals surface area (Å²) < 4.78 is 57.0. The first-order valence-electron chi connectivity index (χ1n) is 16.1. The van der Waals surface area contributed by atoms with Gasteiger partial charge >= 0.3 is 6.09 Å². The number of nitrogens with zero attached hydrogens (tertiary/aromatic N) is 1. The van der Waals surface area contributed by atoms with Crippen LogP contribution in [-0.2, 0) is 37.3 Å². The van der Waals surface area contributed by atoms with Gasteiger partial charge in [0, 0.05) is 46.8 Å². The Balaban J connectivity index is 0.000000197. The molecule has 12 heteroatoms. The molecule has 6 rings (SSSR count). The van der Waals surface area contributed by atoms with E-state index in [1.807, 2.05) is 56.4 Å². The summed E-state index contributed by atoms with van der Waals surface area (Å²) in [6.45, 7) is 4.90. The van der Waals surface area contributed by atoms with E-state index in [1.165, 1.54) is 12.0 Å². The summed E-state index contributed by atoms with van der Waals surface area (Å²) in [5.74, 6) is 0. The predicted molar refractivity (Wildman–Crippen MR) is 196 cm³/mol. The van der Waals surface area contributed by atoms with Crippen molar-refractivity contribution in [2.45, 2.75) is 46.3 Å². The number of sulfone groups is 2. The Labute approximate surface area is 293 Å². The van der Waals surface area contributed by atoms with Crippen molar-refractivity contribution in [2.75, 3.05) is 34.3 Å². The topological polar surface area (TPSA) is 141 Å². The zero-order chi connectivity index (χ0) is 36.1. The first-order valence-corrected chi connectivity index (χ1v) is 19.1. The monoisotopic (exact) mass is 714 g/mol. The van der Waals surface area contributed by atoms with E-state index in [9.17, 15) is 21.6 Å². The van der Waals surface area contributed by atoms with Gasteiger partial charge in [-0.05, 0) is 99.9 Å². The number of ether oxygens (including phenoxy) is 1. The number of amides is 1. The van der Waals surface area contributed by atoms with Crippen LogP contribution in [0.5, 0.6) is 0 Å². The normalized spacial score (nSPS) is 11.7. The minimum absolute atomic E-state index is 0.268. The van der Waals surface area contributed by atoms with Crippen molar-refractivity contribution in [1.82, 2.24) is 20.2 Å². The lowest BCUT2D eigenvalue weighted by molar-refractivity contribution is 0.134. The highest BCUT2D eigenvalue weighted by molar-refractivity contribution is 7.92. The Morgan fingerprint density at radius 1 is 0.700 bits per heavy atom. The van der Waals surface area contributed by atoms with Crippen LogP contribution >= 0.6 is 0 Å². The van der Waals surface area contributed by atoms with Gasteiger partial charge in [0.1, 0.15) is 0 Å². The molecule has 0 radical (unpaired) electrons. The molecule has 0 spiro atoms. The summed E-state index contributed by atoms with van der Waals surface area (Å²) in [4.78, 5) is 20.6. The van der Waals surface area contributed by atoms with Crippen LogP contribution in [0.25, 0.3) is 21.8 Å². The average Bonchev–Trinajstić information content (AvgIpc) is 3.65. The van der Waals surface area contributed by atoms with E-state index in [4.69, 9.17) is 0 Å². The SMILES string of the molecule is CNCCc1ccc2[nH]c(C)c(S(=O)(=O)c3ccccc3)c2c1.COC(=O)N(C)CCc1ccc2[nH]c(C)c(S(=O)(=O)c3ccccc3)c2c1. The van der Waals surface area contributed by atoms with Crippen molar-refractivity contribution < 1.29 is 26.4 Å². The molecule has 0 aliphatic heterocycles. The number of benzene rings is 4. The van der Waals surface area contributed by atoms with Crippen molar-refractivity contribution >= 4 is 47.6 Å². The van der Waals surface area contributed by atoms with E-state index in [0.717, 1.165) is 40.5 Å². The molecular formula is C38H42N4O6S2. The smallest absolute Gasteiger partial charge is 0.409 e. The van der Waals surface area contributed by atoms with Gasteiger partial charge in [0.05, 0.1) is 26.7 Å². The van der Waals surface area contributed by atoms with Crippen molar-refractivity contribution in [3.05, 3.63) is 120 Å². The molecule has 0 fully saturated rings. The fourth-order valence-electron chi connectivity index (χ4n) is 5.95. The number of aromatic nitrogens is 2. The number of likely N-dealkylation sites (N-methyl/N-ethyl adjacent to an activating group) is 2. The molecule has 262 valence electrons. The standard InChI is InChI=1S/C20H22N2O4S.C18H20N2O2S/c1-14-19(27(24,25)16-7-5-4-6-8-16)17-13-15(9-10-18(17)21-14)11-12-22(2)20(23)26-3;1-13-18(23(21,22)15-6-4-3-5-7-15)16-12-14(10-11-19-2)8-9-17(16)20-13/h4-10,13,21H,11-12H2,1-3H3;3-9,12,19-20H,10-11H2,1-2H3. The minimum Gasteiger partial charge on any atom is -0.453 e. The van der Waals surface area contributed by atoms with Crippen LogP contribution in [0.1, 0.15) is 22.5 Å². The molecule has 6 aromatic rings. The van der Waals surface area contributed by atoms with Crippen molar-refractivity contribution in [2.24, 2.45) is 0 Å². The van der Waals surface area contributed by atoms with Crippen LogP contribution in [0.3, 0.4) is 0 Å². The molecule has 50 heavy (non-hydrogen) atoms. The molecule has 1 amide bonds. The van der Waals surface area contributed by atoms with E-state index in [-0.39, 0.29) is 4.90 Å². The van der Waals surface area contributed by atoms with Crippen LogP contribution < -0.4 is 5.32 Å². The van der Waals surface area contributed by atoms with Gasteiger partial charge in [-0.3, -0.25) is 0 Å². The second-order valence-corrected chi connectivity index (χ2v) is 15.8. The Bertz CT molecular complexity index is 2330. The number of hydrogen-bond donors (Lipinski definition) is 3. The van der Waals surface area contributed by atoms with Crippen LogP contribution in [0.15, 0.2) is 117 Å². The third-order valence-electron chi connectivity index (χ3n) is 8.51. The molecule has 0 bridgehead atoms. The highest BCUT2D eigenvalue weighted by atomic mass is 32.2. The van der Waals surface area contributed by atoms with Crippen molar-refractivity contribution in [3.63, 3.8) is 0 Å². The lowest BCUT2D eigenvalue weighted by Crippen LogP contribution is -2.28. The van der Waals surface area contributed by atoms with Gasteiger partial charge in [-0.1, -0.05) is 48.5 Å². The quantitative estimate of drug-likeness (QED) is 0.145. The minimum atomic E-state index is -3.63. The number of rotatable bonds is 10. The van der Waals surface area contributed by atoms with Crippen LogP contribution in [0.4, 0.5) is 4.79 Å². The summed E-state index contributed by atoms with van der Waals surface area (Å²) >= 11 is 0. The van der Waals surface area contributed by atoms with Gasteiger partial charge < -0.3 is 24.9 Å². The number of nitrogens with one attached hydrogen (secondary N) is 3. The summed E-state index contributed by atoms with van der Waals surface area (Å²) in [6.07, 6.45) is 1.05. The maximum absolute atomic E-state index is 13.1. The molecule has 10 nitrogen and oxygen atoms in total. The molecule has 0 saturated heterocycles. The summed E-state index contributed by atoms with van der Waals surface area (Å²) in [5, 5.41) is 4.54. The number of H-pyrrole nitrogens is 2. The lowest BCUT2D eigenvalue weighted by atomic mass is 10.1. The highest BCUT2D eigenvalue weighted by Gasteiger charge is 2.26. The van der Waals surface area contributed by atoms with E-state index < -0.39 is 25.8 Å². The van der Waals surface area contributed by atoms with Gasteiger partial charge in [-0.2, -0.15) is 0 Å².